The molecule has 9 heteroatoms. The van der Waals surface area contributed by atoms with Gasteiger partial charge >= 0.3 is 0 Å². The number of fused-ring (bicyclic) bond motifs is 1. The van der Waals surface area contributed by atoms with Gasteiger partial charge in [0.15, 0.2) is 5.82 Å². The maximum absolute atomic E-state index is 11.2. The molecule has 6 nitrogen and oxygen atoms in total. The van der Waals surface area contributed by atoms with E-state index in [-0.39, 0.29) is 5.69 Å². The van der Waals surface area contributed by atoms with Crippen molar-refractivity contribution in [2.24, 2.45) is 4.99 Å². The number of halogens is 3. The van der Waals surface area contributed by atoms with Gasteiger partial charge in [-0.05, 0) is 57.9 Å². The Morgan fingerprint density at radius 3 is 2.72 bits per heavy atom. The molecule has 4 rings (SSSR count). The largest absolute Gasteiger partial charge is 0.284 e. The molecule has 2 aromatic heterocycles. The Morgan fingerprint density at radius 1 is 1.14 bits per heavy atom. The summed E-state index contributed by atoms with van der Waals surface area (Å²) in [5, 5.41) is 12.2. The summed E-state index contributed by atoms with van der Waals surface area (Å²) in [4.78, 5) is 20.0. The third-order valence-corrected chi connectivity index (χ3v) is 5.41. The molecule has 0 fully saturated rings. The van der Waals surface area contributed by atoms with Crippen LogP contribution in [0.5, 0.6) is 0 Å². The number of nitrogens with zero attached hydrogens (tertiary/aromatic N) is 4. The van der Waals surface area contributed by atoms with Crippen LogP contribution in [0.25, 0.3) is 16.9 Å². The van der Waals surface area contributed by atoms with E-state index in [1.54, 1.807) is 36.5 Å². The maximum atomic E-state index is 11.2. The molecule has 0 unspecified atom stereocenters. The van der Waals surface area contributed by atoms with E-state index in [1.165, 1.54) is 6.07 Å². The summed E-state index contributed by atoms with van der Waals surface area (Å²) in [6, 6.07) is 15.6. The van der Waals surface area contributed by atoms with Gasteiger partial charge in [-0.25, -0.2) is 9.98 Å². The SMILES string of the molecule is O=[N+]([O-])c1cc(C=Nc2c(-c3ccc(Cl)cc3Cl)nc3ccccn23)ccc1Br. The molecule has 0 saturated heterocycles. The fourth-order valence-electron chi connectivity index (χ4n) is 2.85. The van der Waals surface area contributed by atoms with E-state index in [4.69, 9.17) is 23.2 Å². The van der Waals surface area contributed by atoms with Crippen LogP contribution < -0.4 is 0 Å². The van der Waals surface area contributed by atoms with Crippen molar-refractivity contribution in [2.75, 3.05) is 0 Å². The van der Waals surface area contributed by atoms with Crippen LogP contribution in [0.15, 0.2) is 70.3 Å². The highest BCUT2D eigenvalue weighted by Crippen LogP contribution is 2.36. The van der Waals surface area contributed by atoms with Crippen molar-refractivity contribution in [3.63, 3.8) is 0 Å². The van der Waals surface area contributed by atoms with E-state index in [0.29, 0.717) is 42.8 Å². The molecule has 0 N–H and O–H groups in total. The minimum absolute atomic E-state index is 0.0342. The lowest BCUT2D eigenvalue weighted by molar-refractivity contribution is -0.385. The third-order valence-electron chi connectivity index (χ3n) is 4.19. The highest BCUT2D eigenvalue weighted by molar-refractivity contribution is 9.10. The van der Waals surface area contributed by atoms with Gasteiger partial charge in [-0.1, -0.05) is 35.3 Å². The lowest BCUT2D eigenvalue weighted by atomic mass is 10.1. The van der Waals surface area contributed by atoms with Gasteiger partial charge in [0.25, 0.3) is 5.69 Å². The molecule has 0 amide bonds. The Bertz CT molecular complexity index is 1290. The second-order valence-electron chi connectivity index (χ2n) is 6.06. The van der Waals surface area contributed by atoms with Gasteiger partial charge in [0.2, 0.25) is 0 Å². The van der Waals surface area contributed by atoms with Crippen LogP contribution in [0.4, 0.5) is 11.5 Å². The average Bonchev–Trinajstić information content (AvgIpc) is 3.05. The monoisotopic (exact) mass is 488 g/mol. The van der Waals surface area contributed by atoms with E-state index >= 15 is 0 Å². The van der Waals surface area contributed by atoms with E-state index in [1.807, 2.05) is 28.8 Å². The Labute approximate surface area is 183 Å². The van der Waals surface area contributed by atoms with E-state index < -0.39 is 4.92 Å². The standard InChI is InChI=1S/C20H11BrCl2N4O2/c21-15-7-4-12(9-17(15)27(28)29)11-24-20-19(14-6-5-13(22)10-16(14)23)25-18-3-1-2-8-26(18)20/h1-11H. The van der Waals surface area contributed by atoms with Gasteiger partial charge in [0.05, 0.1) is 14.4 Å². The molecule has 0 atom stereocenters. The fraction of sp³-hybridized carbons (Fsp3) is 0. The molecule has 29 heavy (non-hydrogen) atoms. The van der Waals surface area contributed by atoms with Gasteiger partial charge < -0.3 is 0 Å². The molecule has 2 aromatic carbocycles. The predicted octanol–water partition coefficient (Wildman–Crippen LogP) is 6.73. The molecule has 0 bridgehead atoms. The summed E-state index contributed by atoms with van der Waals surface area (Å²) in [7, 11) is 0. The Hall–Kier alpha value is -2.74. The lowest BCUT2D eigenvalue weighted by Gasteiger charge is -2.04. The number of hydrogen-bond donors (Lipinski definition) is 0. The first-order valence-electron chi connectivity index (χ1n) is 8.34. The van der Waals surface area contributed by atoms with Gasteiger partial charge in [-0.2, -0.15) is 0 Å². The molecule has 0 aliphatic carbocycles. The van der Waals surface area contributed by atoms with Crippen LogP contribution in [-0.2, 0) is 0 Å². The number of nitro benzene ring substituents is 1. The second-order valence-corrected chi connectivity index (χ2v) is 7.76. The van der Waals surface area contributed by atoms with Gasteiger partial charge in [-0.3, -0.25) is 14.5 Å². The Balaban J connectivity index is 1.86. The number of rotatable bonds is 4. The molecule has 0 aliphatic rings. The summed E-state index contributed by atoms with van der Waals surface area (Å²) in [5.41, 5.74) is 2.52. The lowest BCUT2D eigenvalue weighted by Crippen LogP contribution is -1.92. The second kappa shape index (κ2) is 7.94. The number of benzene rings is 2. The molecule has 4 aromatic rings. The minimum Gasteiger partial charge on any atom is -0.284 e. The van der Waals surface area contributed by atoms with Gasteiger partial charge in [0.1, 0.15) is 11.3 Å². The molecular weight excluding hydrogens is 479 g/mol. The summed E-state index contributed by atoms with van der Waals surface area (Å²) >= 11 is 15.6. The first-order valence-corrected chi connectivity index (χ1v) is 9.89. The zero-order valence-corrected chi connectivity index (χ0v) is 17.7. The van der Waals surface area contributed by atoms with Crippen LogP contribution in [-0.4, -0.2) is 20.5 Å². The average molecular weight is 490 g/mol. The van der Waals surface area contributed by atoms with Crippen LogP contribution in [0.1, 0.15) is 5.56 Å². The third kappa shape index (κ3) is 3.89. The fourth-order valence-corrected chi connectivity index (χ4v) is 3.74. The molecule has 0 spiro atoms. The van der Waals surface area contributed by atoms with Crippen molar-refractivity contribution in [2.45, 2.75) is 0 Å². The number of aliphatic imine (C=N–C) groups is 1. The van der Waals surface area contributed by atoms with Crippen LogP contribution in [0.2, 0.25) is 10.0 Å². The molecule has 0 radical (unpaired) electrons. The van der Waals surface area contributed by atoms with Crippen molar-refractivity contribution in [1.82, 2.24) is 9.38 Å². The number of imidazole rings is 1. The molecular formula is C20H11BrCl2N4O2. The van der Waals surface area contributed by atoms with Crippen molar-refractivity contribution in [1.29, 1.82) is 0 Å². The molecule has 144 valence electrons. The minimum atomic E-state index is -0.450. The summed E-state index contributed by atoms with van der Waals surface area (Å²) in [6.45, 7) is 0. The van der Waals surface area contributed by atoms with Crippen molar-refractivity contribution < 1.29 is 4.92 Å². The van der Waals surface area contributed by atoms with E-state index in [0.717, 1.165) is 0 Å². The number of aromatic nitrogens is 2. The van der Waals surface area contributed by atoms with Crippen LogP contribution in [0, 0.1) is 10.1 Å². The topological polar surface area (TPSA) is 72.8 Å². The summed E-state index contributed by atoms with van der Waals surface area (Å²) in [6.07, 6.45) is 3.40. The van der Waals surface area contributed by atoms with Crippen molar-refractivity contribution in [3.8, 4) is 11.3 Å². The number of pyridine rings is 1. The summed E-state index contributed by atoms with van der Waals surface area (Å²) in [5.74, 6) is 0.551. The van der Waals surface area contributed by atoms with Gasteiger partial charge in [0, 0.05) is 29.1 Å². The predicted molar refractivity (Wildman–Crippen MR) is 119 cm³/mol. The quantitative estimate of drug-likeness (QED) is 0.181. The summed E-state index contributed by atoms with van der Waals surface area (Å²) < 4.78 is 2.23. The van der Waals surface area contributed by atoms with Crippen molar-refractivity contribution in [3.05, 3.63) is 91.0 Å². The zero-order chi connectivity index (χ0) is 20.5. The van der Waals surface area contributed by atoms with Gasteiger partial charge in [-0.15, -0.1) is 0 Å². The number of hydrogen-bond acceptors (Lipinski definition) is 4. The Morgan fingerprint density at radius 2 is 1.97 bits per heavy atom. The molecule has 0 aliphatic heterocycles. The first-order chi connectivity index (χ1) is 13.9. The highest BCUT2D eigenvalue weighted by Gasteiger charge is 2.16. The van der Waals surface area contributed by atoms with E-state index in [9.17, 15) is 10.1 Å². The number of nitro groups is 1. The maximum Gasteiger partial charge on any atom is 0.284 e. The highest BCUT2D eigenvalue weighted by atomic mass is 79.9. The molecule has 2 heterocycles. The van der Waals surface area contributed by atoms with E-state index in [2.05, 4.69) is 25.9 Å². The normalized spacial score (nSPS) is 11.4. The molecule has 0 saturated carbocycles. The Kier molecular flexibility index (Phi) is 5.36. The van der Waals surface area contributed by atoms with Crippen LogP contribution in [0.3, 0.4) is 0 Å². The van der Waals surface area contributed by atoms with Crippen molar-refractivity contribution >= 4 is 62.5 Å². The first kappa shape index (κ1) is 19.6. The van der Waals surface area contributed by atoms with Crippen LogP contribution >= 0.6 is 39.1 Å². The zero-order valence-electron chi connectivity index (χ0n) is 14.6. The smallest absolute Gasteiger partial charge is 0.284 e.